The fourth-order valence-electron chi connectivity index (χ4n) is 2.48. The zero-order valence-corrected chi connectivity index (χ0v) is 12.3. The van der Waals surface area contributed by atoms with Gasteiger partial charge in [-0.15, -0.1) is 0 Å². The number of hydrogen-bond donors (Lipinski definition) is 1. The highest BCUT2D eigenvalue weighted by atomic mass is 16.2. The standard InChI is InChI=1S/C14H22N4O2/c1-4-11-7-12(18(5-2)16-11)9-17-10(3)6-13(19)15-8-14(17)20/h7,10H,4-6,8-9H2,1-3H3,(H,15,19). The second-order valence-electron chi connectivity index (χ2n) is 5.15. The summed E-state index contributed by atoms with van der Waals surface area (Å²) in [5.41, 5.74) is 2.06. The summed E-state index contributed by atoms with van der Waals surface area (Å²) in [5.74, 6) is -0.100. The molecule has 110 valence electrons. The van der Waals surface area contributed by atoms with E-state index in [4.69, 9.17) is 0 Å². The highest BCUT2D eigenvalue weighted by Crippen LogP contribution is 2.15. The van der Waals surface area contributed by atoms with Gasteiger partial charge in [0.2, 0.25) is 11.8 Å². The molecule has 1 N–H and O–H groups in total. The topological polar surface area (TPSA) is 67.2 Å². The summed E-state index contributed by atoms with van der Waals surface area (Å²) in [5, 5.41) is 7.13. The molecule has 1 saturated heterocycles. The van der Waals surface area contributed by atoms with E-state index in [1.165, 1.54) is 0 Å². The van der Waals surface area contributed by atoms with Crippen LogP contribution in [0.2, 0.25) is 0 Å². The molecule has 2 rings (SSSR count). The summed E-state index contributed by atoms with van der Waals surface area (Å²) in [6.07, 6.45) is 1.23. The summed E-state index contributed by atoms with van der Waals surface area (Å²) >= 11 is 0. The Balaban J connectivity index is 2.20. The summed E-state index contributed by atoms with van der Waals surface area (Å²) in [6.45, 7) is 7.39. The zero-order chi connectivity index (χ0) is 14.7. The van der Waals surface area contributed by atoms with Crippen LogP contribution in [0.3, 0.4) is 0 Å². The van der Waals surface area contributed by atoms with E-state index in [0.717, 1.165) is 24.4 Å². The first-order valence-electron chi connectivity index (χ1n) is 7.16. The molecule has 6 heteroatoms. The molecule has 1 unspecified atom stereocenters. The Hall–Kier alpha value is -1.85. The van der Waals surface area contributed by atoms with Gasteiger partial charge in [0.1, 0.15) is 0 Å². The summed E-state index contributed by atoms with van der Waals surface area (Å²) in [6, 6.07) is 1.96. The number of hydrogen-bond acceptors (Lipinski definition) is 3. The Morgan fingerprint density at radius 3 is 2.80 bits per heavy atom. The van der Waals surface area contributed by atoms with Crippen LogP contribution in [0.25, 0.3) is 0 Å². The Labute approximate surface area is 119 Å². The predicted molar refractivity (Wildman–Crippen MR) is 74.9 cm³/mol. The molecule has 2 heterocycles. The highest BCUT2D eigenvalue weighted by Gasteiger charge is 2.27. The van der Waals surface area contributed by atoms with Crippen LogP contribution in [0.5, 0.6) is 0 Å². The van der Waals surface area contributed by atoms with Gasteiger partial charge >= 0.3 is 0 Å². The quantitative estimate of drug-likeness (QED) is 0.881. The maximum absolute atomic E-state index is 12.1. The lowest BCUT2D eigenvalue weighted by Crippen LogP contribution is -2.39. The van der Waals surface area contributed by atoms with Crippen LogP contribution in [0.15, 0.2) is 6.07 Å². The molecule has 1 fully saturated rings. The van der Waals surface area contributed by atoms with Crippen LogP contribution < -0.4 is 5.32 Å². The lowest BCUT2D eigenvalue weighted by molar-refractivity contribution is -0.132. The molecule has 6 nitrogen and oxygen atoms in total. The van der Waals surface area contributed by atoms with Crippen LogP contribution >= 0.6 is 0 Å². The van der Waals surface area contributed by atoms with Crippen molar-refractivity contribution in [3.05, 3.63) is 17.5 Å². The number of nitrogens with zero attached hydrogens (tertiary/aromatic N) is 3. The Morgan fingerprint density at radius 1 is 1.40 bits per heavy atom. The third-order valence-corrected chi connectivity index (χ3v) is 3.68. The molecule has 0 aliphatic carbocycles. The van der Waals surface area contributed by atoms with E-state index in [1.807, 2.05) is 24.6 Å². The van der Waals surface area contributed by atoms with E-state index in [-0.39, 0.29) is 24.4 Å². The van der Waals surface area contributed by atoms with E-state index in [9.17, 15) is 9.59 Å². The van der Waals surface area contributed by atoms with Gasteiger partial charge in [-0.25, -0.2) is 0 Å². The second-order valence-corrected chi connectivity index (χ2v) is 5.15. The molecule has 1 aromatic rings. The highest BCUT2D eigenvalue weighted by molar-refractivity contribution is 5.87. The minimum Gasteiger partial charge on any atom is -0.347 e. The second kappa shape index (κ2) is 6.07. The fraction of sp³-hybridized carbons (Fsp3) is 0.643. The minimum atomic E-state index is -0.0877. The third-order valence-electron chi connectivity index (χ3n) is 3.68. The number of aryl methyl sites for hydroxylation is 2. The zero-order valence-electron chi connectivity index (χ0n) is 12.3. The molecule has 1 aliphatic rings. The van der Waals surface area contributed by atoms with Gasteiger partial charge in [0.05, 0.1) is 24.5 Å². The molecule has 0 bridgehead atoms. The van der Waals surface area contributed by atoms with Gasteiger partial charge in [0, 0.05) is 19.0 Å². The predicted octanol–water partition coefficient (Wildman–Crippen LogP) is 0.702. The Kier molecular flexibility index (Phi) is 4.42. The third kappa shape index (κ3) is 3.00. The van der Waals surface area contributed by atoms with Gasteiger partial charge in [-0.05, 0) is 26.3 Å². The summed E-state index contributed by atoms with van der Waals surface area (Å²) in [4.78, 5) is 25.4. The molecule has 20 heavy (non-hydrogen) atoms. The maximum atomic E-state index is 12.1. The van der Waals surface area contributed by atoms with E-state index in [1.54, 1.807) is 4.90 Å². The first-order valence-corrected chi connectivity index (χ1v) is 7.16. The van der Waals surface area contributed by atoms with E-state index in [2.05, 4.69) is 17.3 Å². The van der Waals surface area contributed by atoms with Gasteiger partial charge in [0.25, 0.3) is 0 Å². The van der Waals surface area contributed by atoms with Crippen LogP contribution in [0.4, 0.5) is 0 Å². The summed E-state index contributed by atoms with van der Waals surface area (Å²) < 4.78 is 1.93. The van der Waals surface area contributed by atoms with Gasteiger partial charge in [0.15, 0.2) is 0 Å². The van der Waals surface area contributed by atoms with Crippen LogP contribution in [0.1, 0.15) is 38.6 Å². The Bertz CT molecular complexity index is 509. The van der Waals surface area contributed by atoms with Crippen molar-refractivity contribution in [1.82, 2.24) is 20.0 Å². The van der Waals surface area contributed by atoms with E-state index >= 15 is 0 Å². The fourth-order valence-corrected chi connectivity index (χ4v) is 2.48. The maximum Gasteiger partial charge on any atom is 0.242 e. The number of rotatable bonds is 4. The van der Waals surface area contributed by atoms with Crippen molar-refractivity contribution in [2.75, 3.05) is 6.54 Å². The molecule has 1 aromatic heterocycles. The number of carbonyl (C=O) groups excluding carboxylic acids is 2. The molecule has 0 radical (unpaired) electrons. The van der Waals surface area contributed by atoms with E-state index in [0.29, 0.717) is 13.0 Å². The van der Waals surface area contributed by atoms with Crippen molar-refractivity contribution in [3.63, 3.8) is 0 Å². The van der Waals surface area contributed by atoms with Crippen molar-refractivity contribution in [3.8, 4) is 0 Å². The van der Waals surface area contributed by atoms with Crippen molar-refractivity contribution in [1.29, 1.82) is 0 Å². The number of carbonyl (C=O) groups is 2. The molecular weight excluding hydrogens is 256 g/mol. The SMILES string of the molecule is CCc1cc(CN2C(=O)CNC(=O)CC2C)n(CC)n1. The summed E-state index contributed by atoms with van der Waals surface area (Å²) in [7, 11) is 0. The number of aromatic nitrogens is 2. The lowest BCUT2D eigenvalue weighted by Gasteiger charge is -2.26. The van der Waals surface area contributed by atoms with E-state index < -0.39 is 0 Å². The smallest absolute Gasteiger partial charge is 0.242 e. The average Bonchev–Trinajstić information content (AvgIpc) is 2.78. The molecule has 0 aromatic carbocycles. The van der Waals surface area contributed by atoms with Crippen molar-refractivity contribution >= 4 is 11.8 Å². The van der Waals surface area contributed by atoms with Gasteiger partial charge in [-0.3, -0.25) is 14.3 Å². The molecule has 1 aliphatic heterocycles. The monoisotopic (exact) mass is 278 g/mol. The minimum absolute atomic E-state index is 0.0368. The molecule has 1 atom stereocenters. The molecule has 0 spiro atoms. The normalized spacial score (nSPS) is 19.9. The van der Waals surface area contributed by atoms with Gasteiger partial charge < -0.3 is 10.2 Å². The van der Waals surface area contributed by atoms with Gasteiger partial charge in [-0.1, -0.05) is 6.92 Å². The van der Waals surface area contributed by atoms with Crippen molar-refractivity contribution < 1.29 is 9.59 Å². The van der Waals surface area contributed by atoms with Crippen LogP contribution in [0, 0.1) is 0 Å². The number of nitrogens with one attached hydrogen (secondary N) is 1. The first-order chi connectivity index (χ1) is 9.55. The van der Waals surface area contributed by atoms with Crippen molar-refractivity contribution in [2.24, 2.45) is 0 Å². The lowest BCUT2D eigenvalue weighted by atomic mass is 10.2. The molecular formula is C14H22N4O2. The first kappa shape index (κ1) is 14.6. The van der Waals surface area contributed by atoms with Crippen molar-refractivity contribution in [2.45, 2.75) is 52.7 Å². The van der Waals surface area contributed by atoms with Crippen LogP contribution in [-0.2, 0) is 29.1 Å². The molecule has 0 saturated carbocycles. The average molecular weight is 278 g/mol. The van der Waals surface area contributed by atoms with Crippen LogP contribution in [-0.4, -0.2) is 39.1 Å². The molecule has 2 amide bonds. The largest absolute Gasteiger partial charge is 0.347 e. The van der Waals surface area contributed by atoms with Gasteiger partial charge in [-0.2, -0.15) is 5.10 Å². The Morgan fingerprint density at radius 2 is 2.15 bits per heavy atom. The number of amides is 2.